The van der Waals surface area contributed by atoms with Crippen LogP contribution in [0.3, 0.4) is 0 Å². The number of ether oxygens (including phenoxy) is 1. The summed E-state index contributed by atoms with van der Waals surface area (Å²) < 4.78 is 5.35. The topological polar surface area (TPSA) is 90.4 Å². The number of hydrogen-bond donors (Lipinski definition) is 1. The molecule has 0 saturated carbocycles. The second-order valence-electron chi connectivity index (χ2n) is 5.41. The smallest absolute Gasteiger partial charge is 0.320 e. The molecule has 1 unspecified atom stereocenters. The molecule has 2 heterocycles. The Morgan fingerprint density at radius 3 is 2.76 bits per heavy atom. The molecule has 2 rings (SSSR count). The average Bonchev–Trinajstić information content (AvgIpc) is 2.60. The molecule has 2 saturated heterocycles. The van der Waals surface area contributed by atoms with Crippen LogP contribution in [0.1, 0.15) is 12.8 Å². The van der Waals surface area contributed by atoms with Gasteiger partial charge in [-0.15, -0.1) is 0 Å². The van der Waals surface area contributed by atoms with Gasteiger partial charge in [0, 0.05) is 33.2 Å². The molecular weight excluding hydrogens is 278 g/mol. The monoisotopic (exact) mass is 299 g/mol. The van der Waals surface area contributed by atoms with E-state index in [1.807, 2.05) is 0 Å². The second-order valence-corrected chi connectivity index (χ2v) is 5.41. The Labute approximate surface area is 123 Å². The normalized spacial score (nSPS) is 24.0. The molecule has 0 aromatic heterocycles. The average molecular weight is 299 g/mol. The van der Waals surface area contributed by atoms with Crippen LogP contribution in [-0.4, -0.2) is 90.2 Å². The van der Waals surface area contributed by atoms with E-state index in [2.05, 4.69) is 0 Å². The number of aliphatic carboxylic acids is 1. The number of urea groups is 1. The maximum Gasteiger partial charge on any atom is 0.320 e. The highest BCUT2D eigenvalue weighted by atomic mass is 16.5. The maximum absolute atomic E-state index is 12.5. The van der Waals surface area contributed by atoms with Crippen molar-refractivity contribution in [2.75, 3.05) is 46.4 Å². The summed E-state index contributed by atoms with van der Waals surface area (Å²) >= 11 is 0. The van der Waals surface area contributed by atoms with E-state index in [0.717, 1.165) is 6.42 Å². The van der Waals surface area contributed by atoms with Crippen molar-refractivity contribution in [3.8, 4) is 0 Å². The SMILES string of the molecule is CN1CCCN(C(=O)N2CCOC(CC(=O)O)C2)CC1=O. The highest BCUT2D eigenvalue weighted by molar-refractivity contribution is 5.84. The zero-order chi connectivity index (χ0) is 15.4. The van der Waals surface area contributed by atoms with Crippen LogP contribution >= 0.6 is 0 Å². The van der Waals surface area contributed by atoms with Crippen LogP contribution in [0.25, 0.3) is 0 Å². The molecule has 0 radical (unpaired) electrons. The summed E-state index contributed by atoms with van der Waals surface area (Å²) in [4.78, 5) is 39.8. The molecule has 0 aromatic carbocycles. The van der Waals surface area contributed by atoms with Crippen molar-refractivity contribution in [3.63, 3.8) is 0 Å². The van der Waals surface area contributed by atoms with Crippen molar-refractivity contribution >= 4 is 17.9 Å². The number of hydrogen-bond acceptors (Lipinski definition) is 4. The fourth-order valence-corrected chi connectivity index (χ4v) is 2.56. The highest BCUT2D eigenvalue weighted by Crippen LogP contribution is 2.13. The first-order valence-electron chi connectivity index (χ1n) is 7.08. The molecule has 21 heavy (non-hydrogen) atoms. The van der Waals surface area contributed by atoms with Gasteiger partial charge in [-0.2, -0.15) is 0 Å². The predicted molar refractivity (Wildman–Crippen MR) is 72.8 cm³/mol. The van der Waals surface area contributed by atoms with Crippen LogP contribution in [0, 0.1) is 0 Å². The van der Waals surface area contributed by atoms with E-state index in [9.17, 15) is 14.4 Å². The number of morpholine rings is 1. The zero-order valence-corrected chi connectivity index (χ0v) is 12.2. The summed E-state index contributed by atoms with van der Waals surface area (Å²) in [6.07, 6.45) is 0.146. The van der Waals surface area contributed by atoms with Crippen LogP contribution in [-0.2, 0) is 14.3 Å². The van der Waals surface area contributed by atoms with Crippen molar-refractivity contribution in [2.45, 2.75) is 18.9 Å². The van der Waals surface area contributed by atoms with Crippen LogP contribution < -0.4 is 0 Å². The third kappa shape index (κ3) is 4.07. The molecule has 3 amide bonds. The quantitative estimate of drug-likeness (QED) is 0.738. The summed E-state index contributed by atoms with van der Waals surface area (Å²) in [6, 6.07) is -0.211. The van der Waals surface area contributed by atoms with Gasteiger partial charge in [-0.05, 0) is 6.42 Å². The summed E-state index contributed by atoms with van der Waals surface area (Å²) in [7, 11) is 1.73. The minimum absolute atomic E-state index is 0.0730. The number of carbonyl (C=O) groups is 3. The van der Waals surface area contributed by atoms with Gasteiger partial charge in [0.25, 0.3) is 0 Å². The summed E-state index contributed by atoms with van der Waals surface area (Å²) in [5.74, 6) is -1.02. The molecule has 2 aliphatic rings. The van der Waals surface area contributed by atoms with Gasteiger partial charge in [-0.1, -0.05) is 0 Å². The Kier molecular flexibility index (Phi) is 5.00. The minimum Gasteiger partial charge on any atom is -0.481 e. The molecule has 1 atom stereocenters. The number of nitrogens with zero attached hydrogens (tertiary/aromatic N) is 3. The number of rotatable bonds is 2. The lowest BCUT2D eigenvalue weighted by molar-refractivity contribution is -0.141. The molecule has 0 aromatic rings. The lowest BCUT2D eigenvalue weighted by Crippen LogP contribution is -2.52. The van der Waals surface area contributed by atoms with Gasteiger partial charge >= 0.3 is 12.0 Å². The maximum atomic E-state index is 12.5. The van der Waals surface area contributed by atoms with E-state index in [1.54, 1.807) is 16.8 Å². The van der Waals surface area contributed by atoms with Crippen LogP contribution in [0.5, 0.6) is 0 Å². The third-order valence-electron chi connectivity index (χ3n) is 3.76. The molecule has 2 fully saturated rings. The van der Waals surface area contributed by atoms with E-state index < -0.39 is 12.1 Å². The first-order valence-corrected chi connectivity index (χ1v) is 7.08. The lowest BCUT2D eigenvalue weighted by Gasteiger charge is -2.35. The van der Waals surface area contributed by atoms with E-state index in [4.69, 9.17) is 9.84 Å². The fraction of sp³-hybridized carbons (Fsp3) is 0.769. The third-order valence-corrected chi connectivity index (χ3v) is 3.76. The minimum atomic E-state index is -0.944. The lowest BCUT2D eigenvalue weighted by atomic mass is 10.2. The summed E-state index contributed by atoms with van der Waals surface area (Å²) in [5, 5.41) is 8.80. The summed E-state index contributed by atoms with van der Waals surface area (Å²) in [5.41, 5.74) is 0. The number of carboxylic acids is 1. The molecule has 2 aliphatic heterocycles. The van der Waals surface area contributed by atoms with Gasteiger partial charge in [-0.3, -0.25) is 9.59 Å². The fourth-order valence-electron chi connectivity index (χ4n) is 2.56. The largest absolute Gasteiger partial charge is 0.481 e. The van der Waals surface area contributed by atoms with E-state index in [-0.39, 0.29) is 31.4 Å². The molecule has 0 aliphatic carbocycles. The molecular formula is C13H21N3O5. The van der Waals surface area contributed by atoms with Crippen molar-refractivity contribution in [2.24, 2.45) is 0 Å². The first kappa shape index (κ1) is 15.6. The highest BCUT2D eigenvalue weighted by Gasteiger charge is 2.31. The van der Waals surface area contributed by atoms with Gasteiger partial charge in [0.15, 0.2) is 0 Å². The number of amides is 3. The molecule has 0 bridgehead atoms. The van der Waals surface area contributed by atoms with Crippen LogP contribution in [0.15, 0.2) is 0 Å². The van der Waals surface area contributed by atoms with Crippen molar-refractivity contribution in [1.82, 2.24) is 14.7 Å². The molecule has 0 spiro atoms. The van der Waals surface area contributed by atoms with Crippen molar-refractivity contribution in [3.05, 3.63) is 0 Å². The molecule has 8 nitrogen and oxygen atoms in total. The first-order chi connectivity index (χ1) is 9.97. The van der Waals surface area contributed by atoms with Gasteiger partial charge in [0.05, 0.1) is 19.1 Å². The summed E-state index contributed by atoms with van der Waals surface area (Å²) in [6.45, 7) is 2.27. The Balaban J connectivity index is 1.95. The van der Waals surface area contributed by atoms with Crippen molar-refractivity contribution < 1.29 is 24.2 Å². The van der Waals surface area contributed by atoms with E-state index >= 15 is 0 Å². The van der Waals surface area contributed by atoms with Gasteiger partial charge in [0.1, 0.15) is 6.54 Å². The Morgan fingerprint density at radius 2 is 2.05 bits per heavy atom. The van der Waals surface area contributed by atoms with Crippen LogP contribution in [0.4, 0.5) is 4.79 Å². The Bertz CT molecular complexity index is 428. The molecule has 118 valence electrons. The standard InChI is InChI=1S/C13H21N3O5/c1-14-3-2-4-15(9-11(14)17)13(20)16-5-6-21-10(8-16)7-12(18)19/h10H,2-9H2,1H3,(H,18,19). The van der Waals surface area contributed by atoms with Crippen molar-refractivity contribution in [1.29, 1.82) is 0 Å². The van der Waals surface area contributed by atoms with Gasteiger partial charge in [0.2, 0.25) is 5.91 Å². The Morgan fingerprint density at radius 1 is 1.29 bits per heavy atom. The zero-order valence-electron chi connectivity index (χ0n) is 12.2. The van der Waals surface area contributed by atoms with Crippen LogP contribution in [0.2, 0.25) is 0 Å². The van der Waals surface area contributed by atoms with Gasteiger partial charge in [-0.25, -0.2) is 4.79 Å². The van der Waals surface area contributed by atoms with Gasteiger partial charge < -0.3 is 24.5 Å². The number of likely N-dealkylation sites (N-methyl/N-ethyl adjacent to an activating group) is 1. The predicted octanol–water partition coefficient (Wildman–Crippen LogP) is -0.554. The van der Waals surface area contributed by atoms with E-state index in [1.165, 1.54) is 4.90 Å². The number of carboxylic acid groups (broad SMARTS) is 1. The molecule has 1 N–H and O–H groups in total. The molecule has 8 heteroatoms. The van der Waals surface area contributed by atoms with E-state index in [0.29, 0.717) is 26.2 Å². The Hall–Kier alpha value is -1.83. The second kappa shape index (κ2) is 6.75. The number of carbonyl (C=O) groups excluding carboxylic acids is 2.